The highest BCUT2D eigenvalue weighted by molar-refractivity contribution is 5.81. The van der Waals surface area contributed by atoms with Crippen LogP contribution in [0.4, 0.5) is 5.82 Å². The maximum Gasteiger partial charge on any atom is 0.254 e. The highest BCUT2D eigenvalue weighted by Gasteiger charge is 2.32. The number of rotatable bonds is 3. The fourth-order valence-electron chi connectivity index (χ4n) is 3.10. The molecule has 1 saturated heterocycles. The number of carbonyl (C=O) groups is 1. The van der Waals surface area contributed by atoms with Crippen LogP contribution in [0.5, 0.6) is 0 Å². The molecule has 0 radical (unpaired) electrons. The molecule has 0 bridgehead atoms. The van der Waals surface area contributed by atoms with Crippen LogP contribution in [0.3, 0.4) is 0 Å². The maximum atomic E-state index is 12.0. The molecule has 1 aliphatic carbocycles. The van der Waals surface area contributed by atoms with Gasteiger partial charge in [-0.25, -0.2) is 4.98 Å². The summed E-state index contributed by atoms with van der Waals surface area (Å²) in [6.07, 6.45) is 5.73. The average molecular weight is 300 g/mol. The van der Waals surface area contributed by atoms with Gasteiger partial charge in [-0.3, -0.25) is 4.79 Å². The Bertz CT molecular complexity index is 707. The molecule has 1 N–H and O–H groups in total. The van der Waals surface area contributed by atoms with Crippen LogP contribution in [-0.2, 0) is 4.79 Å². The van der Waals surface area contributed by atoms with E-state index in [0.29, 0.717) is 5.78 Å². The smallest absolute Gasteiger partial charge is 0.254 e. The SMILES string of the molecule is Cc1cc(N2CCCC(NC(=O)C3CC3)C2)n2ncnc2n1. The summed E-state index contributed by atoms with van der Waals surface area (Å²) in [6, 6.07) is 2.25. The van der Waals surface area contributed by atoms with Gasteiger partial charge in [-0.15, -0.1) is 0 Å². The van der Waals surface area contributed by atoms with Gasteiger partial charge in [0.05, 0.1) is 0 Å². The highest BCUT2D eigenvalue weighted by atomic mass is 16.2. The summed E-state index contributed by atoms with van der Waals surface area (Å²) in [6.45, 7) is 3.75. The standard InChI is InChI=1S/C15H20N6O/c1-10-7-13(21-15(18-10)16-9-17-21)20-6-2-3-12(8-20)19-14(22)11-4-5-11/h7,9,11-12H,2-6,8H2,1H3,(H,19,22). The molecule has 116 valence electrons. The summed E-state index contributed by atoms with van der Waals surface area (Å²) in [5.41, 5.74) is 0.930. The van der Waals surface area contributed by atoms with Gasteiger partial charge < -0.3 is 10.2 Å². The van der Waals surface area contributed by atoms with Gasteiger partial charge in [0.15, 0.2) is 0 Å². The number of amides is 1. The van der Waals surface area contributed by atoms with E-state index in [-0.39, 0.29) is 17.9 Å². The molecule has 2 aromatic rings. The normalized spacial score (nSPS) is 22.0. The van der Waals surface area contributed by atoms with E-state index in [9.17, 15) is 4.79 Å². The van der Waals surface area contributed by atoms with E-state index in [4.69, 9.17) is 0 Å². The van der Waals surface area contributed by atoms with Gasteiger partial charge in [0.25, 0.3) is 5.78 Å². The Balaban J connectivity index is 1.55. The molecule has 1 atom stereocenters. The first-order valence-electron chi connectivity index (χ1n) is 7.93. The van der Waals surface area contributed by atoms with E-state index in [1.807, 2.05) is 13.0 Å². The highest BCUT2D eigenvalue weighted by Crippen LogP contribution is 2.29. The number of fused-ring (bicyclic) bond motifs is 1. The Morgan fingerprint density at radius 3 is 3.05 bits per heavy atom. The summed E-state index contributed by atoms with van der Waals surface area (Å²) in [5.74, 6) is 2.12. The Hall–Kier alpha value is -2.18. The zero-order valence-electron chi connectivity index (χ0n) is 12.7. The quantitative estimate of drug-likeness (QED) is 0.912. The third-order valence-corrected chi connectivity index (χ3v) is 4.40. The van der Waals surface area contributed by atoms with Gasteiger partial charge >= 0.3 is 0 Å². The lowest BCUT2D eigenvalue weighted by atomic mass is 10.1. The first-order valence-corrected chi connectivity index (χ1v) is 7.93. The molecule has 2 fully saturated rings. The van der Waals surface area contributed by atoms with Crippen molar-refractivity contribution in [1.82, 2.24) is 24.9 Å². The molecular weight excluding hydrogens is 280 g/mol. The first-order chi connectivity index (χ1) is 10.7. The van der Waals surface area contributed by atoms with Gasteiger partial charge in [0, 0.05) is 36.8 Å². The van der Waals surface area contributed by atoms with E-state index in [1.54, 1.807) is 4.52 Å². The van der Waals surface area contributed by atoms with Crippen LogP contribution in [0.15, 0.2) is 12.4 Å². The van der Waals surface area contributed by atoms with Gasteiger partial charge in [-0.05, 0) is 32.6 Å². The number of nitrogens with zero attached hydrogens (tertiary/aromatic N) is 5. The summed E-state index contributed by atoms with van der Waals surface area (Å²) in [7, 11) is 0. The first kappa shape index (κ1) is 13.5. The molecule has 7 heteroatoms. The zero-order chi connectivity index (χ0) is 15.1. The van der Waals surface area contributed by atoms with Crippen LogP contribution in [0.2, 0.25) is 0 Å². The molecule has 0 spiro atoms. The molecule has 1 amide bonds. The number of hydrogen-bond acceptors (Lipinski definition) is 5. The van der Waals surface area contributed by atoms with Gasteiger partial charge in [0.1, 0.15) is 12.1 Å². The van der Waals surface area contributed by atoms with Crippen LogP contribution >= 0.6 is 0 Å². The number of aromatic nitrogens is 4. The number of aryl methyl sites for hydroxylation is 1. The second kappa shape index (κ2) is 5.23. The molecule has 7 nitrogen and oxygen atoms in total. The van der Waals surface area contributed by atoms with Crippen molar-refractivity contribution in [3.8, 4) is 0 Å². The average Bonchev–Trinajstić information content (AvgIpc) is 3.26. The van der Waals surface area contributed by atoms with Crippen molar-refractivity contribution >= 4 is 17.5 Å². The lowest BCUT2D eigenvalue weighted by Gasteiger charge is -2.34. The summed E-state index contributed by atoms with van der Waals surface area (Å²) in [5, 5.41) is 7.47. The summed E-state index contributed by atoms with van der Waals surface area (Å²) < 4.78 is 1.78. The number of piperidine rings is 1. The van der Waals surface area contributed by atoms with Gasteiger partial charge in [-0.1, -0.05) is 0 Å². The lowest BCUT2D eigenvalue weighted by molar-refractivity contribution is -0.123. The van der Waals surface area contributed by atoms with E-state index >= 15 is 0 Å². The lowest BCUT2D eigenvalue weighted by Crippen LogP contribution is -2.48. The van der Waals surface area contributed by atoms with Gasteiger partial charge in [0.2, 0.25) is 5.91 Å². The summed E-state index contributed by atoms with van der Waals surface area (Å²) >= 11 is 0. The molecule has 22 heavy (non-hydrogen) atoms. The molecule has 1 unspecified atom stereocenters. The molecule has 1 aliphatic heterocycles. The molecule has 3 heterocycles. The Labute approximate surface area is 128 Å². The second-order valence-electron chi connectivity index (χ2n) is 6.30. The predicted molar refractivity (Wildman–Crippen MR) is 81.6 cm³/mol. The Morgan fingerprint density at radius 2 is 2.23 bits per heavy atom. The zero-order valence-corrected chi connectivity index (χ0v) is 12.7. The van der Waals surface area contributed by atoms with E-state index in [0.717, 1.165) is 50.3 Å². The minimum Gasteiger partial charge on any atom is -0.354 e. The van der Waals surface area contributed by atoms with Crippen LogP contribution in [-0.4, -0.2) is 44.6 Å². The van der Waals surface area contributed by atoms with Crippen molar-refractivity contribution < 1.29 is 4.79 Å². The monoisotopic (exact) mass is 300 g/mol. The number of hydrogen-bond donors (Lipinski definition) is 1. The minimum atomic E-state index is 0.217. The van der Waals surface area contributed by atoms with E-state index in [2.05, 4.69) is 25.3 Å². The van der Waals surface area contributed by atoms with E-state index < -0.39 is 0 Å². The Kier molecular flexibility index (Phi) is 3.20. The van der Waals surface area contributed by atoms with Crippen LogP contribution in [0.25, 0.3) is 5.78 Å². The van der Waals surface area contributed by atoms with Gasteiger partial charge in [-0.2, -0.15) is 14.6 Å². The number of anilines is 1. The Morgan fingerprint density at radius 1 is 1.36 bits per heavy atom. The fraction of sp³-hybridized carbons (Fsp3) is 0.600. The van der Waals surface area contributed by atoms with Crippen LogP contribution in [0.1, 0.15) is 31.4 Å². The van der Waals surface area contributed by atoms with Crippen molar-refractivity contribution in [3.63, 3.8) is 0 Å². The maximum absolute atomic E-state index is 12.0. The van der Waals surface area contributed by atoms with Crippen molar-refractivity contribution in [1.29, 1.82) is 0 Å². The molecule has 2 aromatic heterocycles. The predicted octanol–water partition coefficient (Wildman–Crippen LogP) is 0.928. The van der Waals surface area contributed by atoms with Crippen LogP contribution in [0, 0.1) is 12.8 Å². The molecule has 0 aromatic carbocycles. The molecular formula is C15H20N6O. The number of nitrogens with one attached hydrogen (secondary N) is 1. The third kappa shape index (κ3) is 2.51. The van der Waals surface area contributed by atoms with Crippen LogP contribution < -0.4 is 10.2 Å². The van der Waals surface area contributed by atoms with Crippen molar-refractivity contribution in [2.24, 2.45) is 5.92 Å². The van der Waals surface area contributed by atoms with Crippen molar-refractivity contribution in [3.05, 3.63) is 18.1 Å². The topological polar surface area (TPSA) is 75.4 Å². The number of carbonyl (C=O) groups excluding carboxylic acids is 1. The van der Waals surface area contributed by atoms with E-state index in [1.165, 1.54) is 6.33 Å². The molecule has 2 aliphatic rings. The second-order valence-corrected chi connectivity index (χ2v) is 6.30. The molecule has 4 rings (SSSR count). The van der Waals surface area contributed by atoms with Crippen molar-refractivity contribution in [2.45, 2.75) is 38.6 Å². The fourth-order valence-corrected chi connectivity index (χ4v) is 3.10. The van der Waals surface area contributed by atoms with Crippen molar-refractivity contribution in [2.75, 3.05) is 18.0 Å². The summed E-state index contributed by atoms with van der Waals surface area (Å²) in [4.78, 5) is 22.8. The third-order valence-electron chi connectivity index (χ3n) is 4.40. The largest absolute Gasteiger partial charge is 0.354 e. The molecule has 1 saturated carbocycles. The minimum absolute atomic E-state index is 0.217.